The van der Waals surface area contributed by atoms with Gasteiger partial charge in [-0.2, -0.15) is 0 Å². The lowest BCUT2D eigenvalue weighted by Gasteiger charge is -2.08. The standard InChI is InChI=1S/C11H12INO5/c1-7(15)13-11(16)9-6-8(18-5-4-14)2-3-10(9)12-17/h2-3,6,14H,4-5H2,1H3,(H,13,15,16). The van der Waals surface area contributed by atoms with Crippen LogP contribution in [0.5, 0.6) is 5.75 Å². The van der Waals surface area contributed by atoms with Gasteiger partial charge in [-0.15, -0.1) is 0 Å². The third kappa shape index (κ3) is 4.15. The summed E-state index contributed by atoms with van der Waals surface area (Å²) in [5.41, 5.74) is 0.156. The van der Waals surface area contributed by atoms with Gasteiger partial charge in [0, 0.05) is 6.92 Å². The smallest absolute Gasteiger partial charge is 0.259 e. The van der Waals surface area contributed by atoms with E-state index in [-0.39, 0.29) is 18.8 Å². The zero-order chi connectivity index (χ0) is 13.5. The van der Waals surface area contributed by atoms with Crippen molar-refractivity contribution in [2.24, 2.45) is 0 Å². The van der Waals surface area contributed by atoms with Crippen molar-refractivity contribution in [3.05, 3.63) is 27.3 Å². The Kier molecular flexibility index (Phi) is 5.86. The fourth-order valence-electron chi connectivity index (χ4n) is 1.23. The minimum Gasteiger partial charge on any atom is -0.491 e. The molecule has 1 rings (SSSR count). The fraction of sp³-hybridized carbons (Fsp3) is 0.273. The lowest BCUT2D eigenvalue weighted by atomic mass is 10.2. The normalized spacial score (nSPS) is 9.89. The predicted molar refractivity (Wildman–Crippen MR) is 70.6 cm³/mol. The van der Waals surface area contributed by atoms with E-state index in [1.54, 1.807) is 6.07 Å². The molecule has 1 aromatic rings. The number of halogens is 1. The zero-order valence-electron chi connectivity index (χ0n) is 9.60. The summed E-state index contributed by atoms with van der Waals surface area (Å²) in [4.78, 5) is 22.5. The minimum absolute atomic E-state index is 0.0968. The highest BCUT2D eigenvalue weighted by Crippen LogP contribution is 2.22. The third-order valence-corrected chi connectivity index (χ3v) is 3.33. The highest BCUT2D eigenvalue weighted by Gasteiger charge is 2.14. The molecule has 2 N–H and O–H groups in total. The molecule has 0 unspecified atom stereocenters. The van der Waals surface area contributed by atoms with Crippen LogP contribution in [0.1, 0.15) is 17.3 Å². The molecule has 0 fully saturated rings. The zero-order valence-corrected chi connectivity index (χ0v) is 11.8. The maximum atomic E-state index is 11.7. The number of aliphatic hydroxyl groups excluding tert-OH is 1. The first kappa shape index (κ1) is 14.7. The first-order chi connectivity index (χ1) is 8.58. The van der Waals surface area contributed by atoms with Crippen molar-refractivity contribution < 1.29 is 22.5 Å². The molecule has 2 amide bonds. The van der Waals surface area contributed by atoms with Crippen LogP contribution in [0.3, 0.4) is 0 Å². The molecular weight excluding hydrogens is 353 g/mol. The molecule has 0 saturated carbocycles. The molecule has 0 bridgehead atoms. The Bertz CT molecular complexity index is 475. The molecule has 0 radical (unpaired) electrons. The molecule has 0 aromatic heterocycles. The highest BCUT2D eigenvalue weighted by atomic mass is 127. The number of rotatable bonds is 5. The van der Waals surface area contributed by atoms with Crippen LogP contribution in [0.25, 0.3) is 0 Å². The summed E-state index contributed by atoms with van der Waals surface area (Å²) in [5, 5.41) is 10.7. The van der Waals surface area contributed by atoms with Gasteiger partial charge in [-0.25, -0.2) is 0 Å². The first-order valence-corrected chi connectivity index (χ1v) is 7.01. The van der Waals surface area contributed by atoms with E-state index in [0.717, 1.165) is 0 Å². The molecule has 7 heteroatoms. The van der Waals surface area contributed by atoms with Crippen LogP contribution in [0, 0.1) is 3.57 Å². The Morgan fingerprint density at radius 2 is 2.17 bits per heavy atom. The van der Waals surface area contributed by atoms with E-state index < -0.39 is 33.0 Å². The van der Waals surface area contributed by atoms with Crippen molar-refractivity contribution in [2.45, 2.75) is 6.92 Å². The van der Waals surface area contributed by atoms with Gasteiger partial charge < -0.3 is 9.84 Å². The maximum Gasteiger partial charge on any atom is 0.259 e. The van der Waals surface area contributed by atoms with Gasteiger partial charge in [-0.05, 0) is 18.2 Å². The number of nitrogens with one attached hydrogen (secondary N) is 1. The number of carbonyl (C=O) groups excluding carboxylic acids is 2. The van der Waals surface area contributed by atoms with Crippen LogP contribution >= 0.6 is 21.2 Å². The number of aliphatic hydroxyl groups is 1. The average molecular weight is 365 g/mol. The van der Waals surface area contributed by atoms with Crippen molar-refractivity contribution >= 4 is 33.0 Å². The molecule has 0 atom stereocenters. The lowest BCUT2D eigenvalue weighted by molar-refractivity contribution is -0.118. The third-order valence-electron chi connectivity index (χ3n) is 1.92. The average Bonchev–Trinajstić information content (AvgIpc) is 2.35. The Hall–Kier alpha value is -1.35. The predicted octanol–water partition coefficient (Wildman–Crippen LogP) is 0.820. The molecule has 0 aliphatic carbocycles. The van der Waals surface area contributed by atoms with Crippen LogP contribution in [0.4, 0.5) is 0 Å². The molecule has 0 spiro atoms. The first-order valence-electron chi connectivity index (χ1n) is 5.05. The second kappa shape index (κ2) is 7.17. The van der Waals surface area contributed by atoms with E-state index in [1.165, 1.54) is 19.1 Å². The molecule has 98 valence electrons. The van der Waals surface area contributed by atoms with Crippen molar-refractivity contribution in [3.63, 3.8) is 0 Å². The number of hydrogen-bond donors (Lipinski definition) is 2. The summed E-state index contributed by atoms with van der Waals surface area (Å²) >= 11 is -1.53. The Morgan fingerprint density at radius 3 is 2.72 bits per heavy atom. The molecule has 0 saturated heterocycles. The monoisotopic (exact) mass is 365 g/mol. The number of amides is 2. The van der Waals surface area contributed by atoms with Crippen molar-refractivity contribution in [3.8, 4) is 5.75 Å². The number of imide groups is 1. The summed E-state index contributed by atoms with van der Waals surface area (Å²) in [6.45, 7) is 1.17. The number of hydrogen-bond acceptors (Lipinski definition) is 5. The van der Waals surface area contributed by atoms with Gasteiger partial charge in [0.15, 0.2) is 21.2 Å². The second-order valence-electron chi connectivity index (χ2n) is 3.30. The summed E-state index contributed by atoms with van der Waals surface area (Å²) in [6, 6.07) is 4.48. The summed E-state index contributed by atoms with van der Waals surface area (Å²) in [6.07, 6.45) is 0. The van der Waals surface area contributed by atoms with E-state index in [0.29, 0.717) is 9.32 Å². The fourth-order valence-corrected chi connectivity index (χ4v) is 2.19. The Labute approximate surface area is 114 Å². The van der Waals surface area contributed by atoms with Gasteiger partial charge in [-0.1, -0.05) is 0 Å². The number of benzene rings is 1. The SMILES string of the molecule is CC(=O)NC(=O)c1cc(OCCO)ccc1I=O. The van der Waals surface area contributed by atoms with Gasteiger partial charge in [0.1, 0.15) is 12.4 Å². The topological polar surface area (TPSA) is 92.7 Å². The molecule has 0 heterocycles. The Balaban J connectivity index is 3.01. The molecule has 18 heavy (non-hydrogen) atoms. The van der Waals surface area contributed by atoms with Crippen LogP contribution in [0.2, 0.25) is 0 Å². The summed E-state index contributed by atoms with van der Waals surface area (Å²) in [5.74, 6) is -0.724. The van der Waals surface area contributed by atoms with Crippen LogP contribution in [-0.2, 0) is 7.86 Å². The van der Waals surface area contributed by atoms with Gasteiger partial charge in [0.2, 0.25) is 5.91 Å². The summed E-state index contributed by atoms with van der Waals surface area (Å²) < 4.78 is 16.6. The van der Waals surface area contributed by atoms with Gasteiger partial charge in [-0.3, -0.25) is 18.0 Å². The highest BCUT2D eigenvalue weighted by molar-refractivity contribution is 14.1. The van der Waals surface area contributed by atoms with E-state index >= 15 is 0 Å². The van der Waals surface area contributed by atoms with Gasteiger partial charge in [0.25, 0.3) is 5.91 Å². The van der Waals surface area contributed by atoms with Gasteiger partial charge >= 0.3 is 0 Å². The quantitative estimate of drug-likeness (QED) is 0.754. The number of ether oxygens (including phenoxy) is 1. The van der Waals surface area contributed by atoms with Crippen LogP contribution in [0.15, 0.2) is 18.2 Å². The van der Waals surface area contributed by atoms with Crippen LogP contribution < -0.4 is 10.1 Å². The van der Waals surface area contributed by atoms with E-state index in [9.17, 15) is 12.7 Å². The molecule has 0 aliphatic heterocycles. The van der Waals surface area contributed by atoms with Gasteiger partial charge in [0.05, 0.1) is 15.7 Å². The Morgan fingerprint density at radius 1 is 1.44 bits per heavy atom. The lowest BCUT2D eigenvalue weighted by Crippen LogP contribution is -2.28. The summed E-state index contributed by atoms with van der Waals surface area (Å²) in [7, 11) is 0. The number of carbonyl (C=O) groups is 2. The van der Waals surface area contributed by atoms with Crippen molar-refractivity contribution in [1.29, 1.82) is 0 Å². The van der Waals surface area contributed by atoms with Crippen molar-refractivity contribution in [1.82, 2.24) is 5.32 Å². The second-order valence-corrected chi connectivity index (χ2v) is 4.90. The molecule has 0 aliphatic rings. The minimum atomic E-state index is -1.53. The molecular formula is C11H12INO5. The van der Waals surface area contributed by atoms with E-state index in [1.807, 2.05) is 0 Å². The maximum absolute atomic E-state index is 11.7. The van der Waals surface area contributed by atoms with Crippen molar-refractivity contribution in [2.75, 3.05) is 13.2 Å². The molecule has 6 nitrogen and oxygen atoms in total. The van der Waals surface area contributed by atoms with E-state index in [2.05, 4.69) is 5.32 Å². The molecule has 1 aromatic carbocycles. The largest absolute Gasteiger partial charge is 0.491 e. The van der Waals surface area contributed by atoms with Crippen LogP contribution in [-0.4, -0.2) is 30.1 Å². The van der Waals surface area contributed by atoms with E-state index in [4.69, 9.17) is 9.84 Å².